The fourth-order valence-electron chi connectivity index (χ4n) is 2.91. The summed E-state index contributed by atoms with van der Waals surface area (Å²) < 4.78 is 6.72. The van der Waals surface area contributed by atoms with E-state index in [1.54, 1.807) is 28.9 Å². The van der Waals surface area contributed by atoms with Gasteiger partial charge in [-0.25, -0.2) is 14.8 Å². The van der Waals surface area contributed by atoms with Crippen molar-refractivity contribution in [2.45, 2.75) is 6.54 Å². The number of ether oxygens (including phenoxy) is 1. The highest BCUT2D eigenvalue weighted by Crippen LogP contribution is 2.27. The maximum absolute atomic E-state index is 11.9. The van der Waals surface area contributed by atoms with Crippen molar-refractivity contribution < 1.29 is 19.4 Å². The predicted octanol–water partition coefficient (Wildman–Crippen LogP) is 1.46. The number of nitrogens with one attached hydrogen (secondary N) is 1. The minimum absolute atomic E-state index is 0.0370. The Balaban J connectivity index is 1.78. The Morgan fingerprint density at radius 3 is 2.85 bits per heavy atom. The molecule has 1 aromatic carbocycles. The SMILES string of the molecule is COc1ccc(-c2nccc(-c3cc4n(n3)CCNC4=O)n2)c(C(=O)O)c1. The van der Waals surface area contributed by atoms with E-state index in [1.165, 1.54) is 19.4 Å². The lowest BCUT2D eigenvalue weighted by Crippen LogP contribution is -2.35. The first kappa shape index (κ1) is 16.7. The molecule has 9 nitrogen and oxygen atoms in total. The van der Waals surface area contributed by atoms with Crippen molar-refractivity contribution in [3.05, 3.63) is 47.8 Å². The normalized spacial score (nSPS) is 13.0. The van der Waals surface area contributed by atoms with Crippen LogP contribution in [0.2, 0.25) is 0 Å². The number of benzene rings is 1. The van der Waals surface area contributed by atoms with E-state index in [1.807, 2.05) is 0 Å². The number of fused-ring (bicyclic) bond motifs is 1. The van der Waals surface area contributed by atoms with Crippen LogP contribution in [0.3, 0.4) is 0 Å². The summed E-state index contributed by atoms with van der Waals surface area (Å²) in [5.41, 5.74) is 1.90. The zero-order valence-corrected chi connectivity index (χ0v) is 14.3. The van der Waals surface area contributed by atoms with Gasteiger partial charge in [-0.05, 0) is 30.3 Å². The van der Waals surface area contributed by atoms with Crippen LogP contribution in [0.5, 0.6) is 5.75 Å². The molecule has 1 aliphatic rings. The van der Waals surface area contributed by atoms with Gasteiger partial charge in [-0.1, -0.05) is 0 Å². The number of carboxylic acid groups (broad SMARTS) is 1. The van der Waals surface area contributed by atoms with Gasteiger partial charge in [0.15, 0.2) is 5.82 Å². The van der Waals surface area contributed by atoms with Crippen LogP contribution in [0.25, 0.3) is 22.8 Å². The van der Waals surface area contributed by atoms with Gasteiger partial charge in [0, 0.05) is 18.3 Å². The number of carbonyl (C=O) groups excluding carboxylic acids is 1. The molecule has 0 fully saturated rings. The predicted molar refractivity (Wildman–Crippen MR) is 94.5 cm³/mol. The molecule has 1 amide bonds. The van der Waals surface area contributed by atoms with E-state index in [-0.39, 0.29) is 17.3 Å². The average Bonchev–Trinajstić information content (AvgIpc) is 3.13. The molecule has 3 heterocycles. The highest BCUT2D eigenvalue weighted by molar-refractivity contribution is 5.96. The lowest BCUT2D eigenvalue weighted by molar-refractivity contribution is 0.0697. The lowest BCUT2D eigenvalue weighted by Gasteiger charge is -2.13. The van der Waals surface area contributed by atoms with Gasteiger partial charge < -0.3 is 15.2 Å². The molecule has 2 N–H and O–H groups in total. The summed E-state index contributed by atoms with van der Waals surface area (Å²) in [5.74, 6) is -0.604. The van der Waals surface area contributed by atoms with Crippen LogP contribution < -0.4 is 10.1 Å². The largest absolute Gasteiger partial charge is 0.497 e. The number of hydrogen-bond acceptors (Lipinski definition) is 6. The fourth-order valence-corrected chi connectivity index (χ4v) is 2.91. The first-order valence-corrected chi connectivity index (χ1v) is 8.18. The van der Waals surface area contributed by atoms with E-state index in [4.69, 9.17) is 4.74 Å². The van der Waals surface area contributed by atoms with Crippen LogP contribution in [0.1, 0.15) is 20.8 Å². The molecule has 0 saturated carbocycles. The fraction of sp³-hybridized carbons (Fsp3) is 0.167. The van der Waals surface area contributed by atoms with Gasteiger partial charge in [-0.2, -0.15) is 5.10 Å². The van der Waals surface area contributed by atoms with E-state index in [0.29, 0.717) is 41.5 Å². The molecule has 2 aromatic heterocycles. The lowest BCUT2D eigenvalue weighted by atomic mass is 10.1. The Kier molecular flexibility index (Phi) is 4.03. The molecule has 0 radical (unpaired) electrons. The molecule has 0 aliphatic carbocycles. The standard InChI is InChI=1S/C18H15N5O4/c1-27-10-2-3-11(12(8-10)18(25)26)16-19-5-4-13(21-16)14-9-15-17(24)20-6-7-23(15)22-14/h2-5,8-9H,6-7H2,1H3,(H,20,24)(H,25,26). The minimum atomic E-state index is -1.10. The minimum Gasteiger partial charge on any atom is -0.497 e. The molecule has 0 bridgehead atoms. The van der Waals surface area contributed by atoms with E-state index in [0.717, 1.165) is 0 Å². The highest BCUT2D eigenvalue weighted by atomic mass is 16.5. The molecule has 3 aromatic rings. The summed E-state index contributed by atoms with van der Waals surface area (Å²) in [6.07, 6.45) is 1.53. The molecule has 27 heavy (non-hydrogen) atoms. The second-order valence-corrected chi connectivity index (χ2v) is 5.88. The van der Waals surface area contributed by atoms with Crippen LogP contribution in [0.15, 0.2) is 36.5 Å². The number of nitrogens with zero attached hydrogens (tertiary/aromatic N) is 4. The number of hydrogen-bond donors (Lipinski definition) is 2. The quantitative estimate of drug-likeness (QED) is 0.718. The molecule has 136 valence electrons. The van der Waals surface area contributed by atoms with Crippen molar-refractivity contribution in [2.24, 2.45) is 0 Å². The number of aromatic nitrogens is 4. The van der Waals surface area contributed by atoms with Gasteiger partial charge in [-0.3, -0.25) is 9.48 Å². The Labute approximate surface area is 153 Å². The van der Waals surface area contributed by atoms with Gasteiger partial charge in [0.25, 0.3) is 5.91 Å². The van der Waals surface area contributed by atoms with Crippen LogP contribution in [-0.4, -0.2) is 50.4 Å². The summed E-state index contributed by atoms with van der Waals surface area (Å²) in [6, 6.07) is 8.00. The van der Waals surface area contributed by atoms with E-state index in [2.05, 4.69) is 20.4 Å². The summed E-state index contributed by atoms with van der Waals surface area (Å²) >= 11 is 0. The van der Waals surface area contributed by atoms with Crippen molar-refractivity contribution in [3.8, 4) is 28.5 Å². The molecule has 0 spiro atoms. The summed E-state index contributed by atoms with van der Waals surface area (Å²) in [5, 5.41) is 16.7. The smallest absolute Gasteiger partial charge is 0.336 e. The highest BCUT2D eigenvalue weighted by Gasteiger charge is 2.21. The van der Waals surface area contributed by atoms with Gasteiger partial charge in [0.05, 0.1) is 24.9 Å². The summed E-state index contributed by atoms with van der Waals surface area (Å²) in [6.45, 7) is 1.11. The molecular formula is C18H15N5O4. The van der Waals surface area contributed by atoms with E-state index < -0.39 is 5.97 Å². The second kappa shape index (κ2) is 6.52. The Morgan fingerprint density at radius 1 is 1.26 bits per heavy atom. The van der Waals surface area contributed by atoms with E-state index >= 15 is 0 Å². The van der Waals surface area contributed by atoms with Crippen molar-refractivity contribution >= 4 is 11.9 Å². The average molecular weight is 365 g/mol. The number of methoxy groups -OCH3 is 1. The Bertz CT molecular complexity index is 1060. The Hall–Kier alpha value is -3.75. The van der Waals surface area contributed by atoms with Crippen molar-refractivity contribution in [1.82, 2.24) is 25.1 Å². The number of carboxylic acids is 1. The monoisotopic (exact) mass is 365 g/mol. The third-order valence-electron chi connectivity index (χ3n) is 4.24. The van der Waals surface area contributed by atoms with Crippen molar-refractivity contribution in [2.75, 3.05) is 13.7 Å². The van der Waals surface area contributed by atoms with Crippen LogP contribution in [0, 0.1) is 0 Å². The summed E-state index contributed by atoms with van der Waals surface area (Å²) in [7, 11) is 1.47. The molecule has 0 atom stereocenters. The second-order valence-electron chi connectivity index (χ2n) is 5.88. The zero-order valence-electron chi connectivity index (χ0n) is 14.3. The topological polar surface area (TPSA) is 119 Å². The molecule has 1 aliphatic heterocycles. The molecule has 4 rings (SSSR count). The van der Waals surface area contributed by atoms with Crippen LogP contribution in [-0.2, 0) is 6.54 Å². The molecule has 0 unspecified atom stereocenters. The molecule has 9 heteroatoms. The zero-order chi connectivity index (χ0) is 19.0. The van der Waals surface area contributed by atoms with Gasteiger partial charge in [0.2, 0.25) is 0 Å². The van der Waals surface area contributed by atoms with Gasteiger partial charge in [-0.15, -0.1) is 0 Å². The Morgan fingerprint density at radius 2 is 2.11 bits per heavy atom. The van der Waals surface area contributed by atoms with E-state index in [9.17, 15) is 14.7 Å². The number of aromatic carboxylic acids is 1. The maximum Gasteiger partial charge on any atom is 0.336 e. The first-order valence-electron chi connectivity index (χ1n) is 8.18. The summed E-state index contributed by atoms with van der Waals surface area (Å²) in [4.78, 5) is 32.2. The van der Waals surface area contributed by atoms with Gasteiger partial charge in [0.1, 0.15) is 17.1 Å². The molecule has 0 saturated heterocycles. The number of rotatable bonds is 4. The van der Waals surface area contributed by atoms with Crippen LogP contribution >= 0.6 is 0 Å². The third kappa shape index (κ3) is 2.99. The first-order chi connectivity index (χ1) is 13.1. The number of carbonyl (C=O) groups is 2. The van der Waals surface area contributed by atoms with Gasteiger partial charge >= 0.3 is 5.97 Å². The van der Waals surface area contributed by atoms with Crippen molar-refractivity contribution in [3.63, 3.8) is 0 Å². The van der Waals surface area contributed by atoms with Crippen molar-refractivity contribution in [1.29, 1.82) is 0 Å². The van der Waals surface area contributed by atoms with Crippen LogP contribution in [0.4, 0.5) is 0 Å². The number of amides is 1. The third-order valence-corrected chi connectivity index (χ3v) is 4.24. The maximum atomic E-state index is 11.9. The molecular weight excluding hydrogens is 350 g/mol.